The number of aromatic nitrogens is 1. The molecule has 1 aromatic heterocycles. The van der Waals surface area contributed by atoms with Crippen LogP contribution in [0.4, 0.5) is 5.69 Å². The van der Waals surface area contributed by atoms with Crippen molar-refractivity contribution in [1.82, 2.24) is 4.98 Å². The second kappa shape index (κ2) is 14.2. The molecule has 4 aromatic rings. The number of carbonyl (C=O) groups is 1. The van der Waals surface area contributed by atoms with E-state index in [-0.39, 0.29) is 22.8 Å². The van der Waals surface area contributed by atoms with Crippen LogP contribution in [-0.4, -0.2) is 30.1 Å². The second-order valence-electron chi connectivity index (χ2n) is 11.3. The van der Waals surface area contributed by atoms with Gasteiger partial charge in [0.2, 0.25) is 0 Å². The van der Waals surface area contributed by atoms with Crippen molar-refractivity contribution in [2.45, 2.75) is 62.0 Å². The zero-order chi connectivity index (χ0) is 31.7. The minimum absolute atomic E-state index is 0.0869. The highest BCUT2D eigenvalue weighted by Crippen LogP contribution is 2.38. The van der Waals surface area contributed by atoms with Gasteiger partial charge in [-0.05, 0) is 85.9 Å². The molecule has 45 heavy (non-hydrogen) atoms. The third kappa shape index (κ3) is 8.37. The lowest BCUT2D eigenvalue weighted by atomic mass is 9.82. The Hall–Kier alpha value is -4.94. The second-order valence-corrected chi connectivity index (χ2v) is 12.9. The summed E-state index contributed by atoms with van der Waals surface area (Å²) in [6.07, 6.45) is 5.60. The lowest BCUT2D eigenvalue weighted by Gasteiger charge is -2.37. The smallest absolute Gasteiger partial charge is 0.337 e. The van der Waals surface area contributed by atoms with Crippen LogP contribution in [0.25, 0.3) is 0 Å². The molecule has 5 rings (SSSR count). The lowest BCUT2D eigenvalue weighted by Crippen LogP contribution is -2.41. The van der Waals surface area contributed by atoms with E-state index in [0.29, 0.717) is 43.4 Å². The van der Waals surface area contributed by atoms with Gasteiger partial charge in [0.25, 0.3) is 10.0 Å². The quantitative estimate of drug-likeness (QED) is 0.156. The van der Waals surface area contributed by atoms with E-state index in [1.54, 1.807) is 18.2 Å². The van der Waals surface area contributed by atoms with Gasteiger partial charge in [-0.25, -0.2) is 9.78 Å². The van der Waals surface area contributed by atoms with Crippen molar-refractivity contribution in [3.63, 3.8) is 0 Å². The number of ether oxygens (including phenoxy) is 1. The number of aryl methyl sites for hydroxylation is 3. The van der Waals surface area contributed by atoms with Gasteiger partial charge in [0.15, 0.2) is 5.03 Å². The normalized spacial score (nSPS) is 14.4. The van der Waals surface area contributed by atoms with Crippen LogP contribution in [0.2, 0.25) is 0 Å². The van der Waals surface area contributed by atoms with Gasteiger partial charge in [-0.1, -0.05) is 72.8 Å². The first-order valence-corrected chi connectivity index (χ1v) is 16.4. The Balaban J connectivity index is 1.23. The lowest BCUT2D eigenvalue weighted by molar-refractivity contribution is -0.160. The number of nitrogens with zero attached hydrogens (tertiary/aromatic N) is 2. The monoisotopic (exact) mass is 621 g/mol. The van der Waals surface area contributed by atoms with E-state index in [0.717, 1.165) is 29.5 Å². The molecular weight excluding hydrogens is 586 g/mol. The summed E-state index contributed by atoms with van der Waals surface area (Å²) in [5.41, 5.74) is 3.31. The van der Waals surface area contributed by atoms with Crippen molar-refractivity contribution in [1.29, 1.82) is 5.26 Å². The number of benzene rings is 3. The van der Waals surface area contributed by atoms with E-state index in [9.17, 15) is 18.3 Å². The summed E-state index contributed by atoms with van der Waals surface area (Å²) in [5, 5.41) is 19.9. The van der Waals surface area contributed by atoms with E-state index >= 15 is 0 Å². The molecule has 0 spiro atoms. The van der Waals surface area contributed by atoms with Crippen LogP contribution in [0.15, 0.2) is 120 Å². The first-order chi connectivity index (χ1) is 21.7. The van der Waals surface area contributed by atoms with Crippen molar-refractivity contribution in [3.05, 3.63) is 137 Å². The topological polar surface area (TPSA) is 129 Å². The summed E-state index contributed by atoms with van der Waals surface area (Å²) < 4.78 is 34.2. The Morgan fingerprint density at radius 2 is 1.49 bits per heavy atom. The summed E-state index contributed by atoms with van der Waals surface area (Å²) >= 11 is 0. The molecule has 0 aliphatic carbocycles. The predicted octanol–water partition coefficient (Wildman–Crippen LogP) is 6.84. The average Bonchev–Trinajstić information content (AvgIpc) is 3.05. The number of pyridine rings is 1. The maximum Gasteiger partial charge on any atom is 0.337 e. The van der Waals surface area contributed by atoms with Crippen LogP contribution < -0.4 is 4.72 Å². The van der Waals surface area contributed by atoms with Crippen LogP contribution >= 0.6 is 0 Å². The van der Waals surface area contributed by atoms with Crippen molar-refractivity contribution in [3.8, 4) is 6.07 Å². The number of nitrogens with one attached hydrogen (secondary N) is 1. The first-order valence-electron chi connectivity index (χ1n) is 15.0. The van der Waals surface area contributed by atoms with Gasteiger partial charge in [-0.2, -0.15) is 13.7 Å². The van der Waals surface area contributed by atoms with Crippen molar-refractivity contribution < 1.29 is 23.1 Å². The Labute approximate surface area is 264 Å². The van der Waals surface area contributed by atoms with Crippen LogP contribution in [0.5, 0.6) is 0 Å². The third-order valence-electron chi connectivity index (χ3n) is 8.03. The minimum atomic E-state index is -3.94. The summed E-state index contributed by atoms with van der Waals surface area (Å²) in [6.45, 7) is 0. The Kier molecular flexibility index (Phi) is 9.95. The van der Waals surface area contributed by atoms with Gasteiger partial charge in [0, 0.05) is 18.3 Å². The summed E-state index contributed by atoms with van der Waals surface area (Å²) in [7, 11) is -3.94. The maximum absolute atomic E-state index is 13.3. The molecule has 0 unspecified atom stereocenters. The average molecular weight is 622 g/mol. The molecule has 0 saturated carbocycles. The molecule has 0 radical (unpaired) electrons. The molecule has 2 heterocycles. The number of esters is 1. The number of carbonyl (C=O) groups excluding carboxylic acids is 1. The molecule has 0 fully saturated rings. The highest BCUT2D eigenvalue weighted by atomic mass is 32.2. The molecule has 2 N–H and O–H groups in total. The fourth-order valence-electron chi connectivity index (χ4n) is 5.58. The Bertz CT molecular complexity index is 1760. The fourth-order valence-corrected chi connectivity index (χ4v) is 6.56. The number of rotatable bonds is 13. The number of anilines is 1. The van der Waals surface area contributed by atoms with Gasteiger partial charge in [-0.3, -0.25) is 4.72 Å². The zero-order valence-corrected chi connectivity index (χ0v) is 25.7. The van der Waals surface area contributed by atoms with E-state index in [1.165, 1.54) is 18.3 Å². The highest BCUT2D eigenvalue weighted by molar-refractivity contribution is 7.92. The van der Waals surface area contributed by atoms with Crippen LogP contribution in [-0.2, 0) is 38.8 Å². The van der Waals surface area contributed by atoms with E-state index in [2.05, 4.69) is 34.0 Å². The van der Waals surface area contributed by atoms with Crippen LogP contribution in [0.3, 0.4) is 0 Å². The van der Waals surface area contributed by atoms with Gasteiger partial charge in [0.1, 0.15) is 17.4 Å². The molecule has 230 valence electrons. The SMILES string of the molecule is N#Cc1ccc(S(=O)(=O)Nc2cccc(CCCC3=C(O)CC(CCc4ccccc4)(CCc4ccccc4)OC3=O)c2)nc1. The molecule has 0 amide bonds. The molecule has 0 atom stereocenters. The van der Waals surface area contributed by atoms with Crippen LogP contribution in [0, 0.1) is 11.3 Å². The Morgan fingerprint density at radius 3 is 2.07 bits per heavy atom. The summed E-state index contributed by atoms with van der Waals surface area (Å²) in [5.74, 6) is -0.389. The molecule has 9 heteroatoms. The van der Waals surface area contributed by atoms with Crippen molar-refractivity contribution in [2.75, 3.05) is 4.72 Å². The van der Waals surface area contributed by atoms with E-state index < -0.39 is 21.6 Å². The standard InChI is InChI=1S/C36H35N3O5S/c37-25-30-17-18-34(38-26-30)45(42,43)39-31-15-7-13-29(23-31)14-8-16-32-33(40)24-36(44-35(32)41,21-19-27-9-3-1-4-10-27)22-20-28-11-5-2-6-12-28/h1-7,9-13,15,17-18,23,26,39-40H,8,14,16,19-22,24H2. The molecular formula is C36H35N3O5S. The number of hydrogen-bond acceptors (Lipinski definition) is 7. The summed E-state index contributed by atoms with van der Waals surface area (Å²) in [4.78, 5) is 17.2. The molecule has 3 aromatic carbocycles. The predicted molar refractivity (Wildman–Crippen MR) is 172 cm³/mol. The van der Waals surface area contributed by atoms with E-state index in [4.69, 9.17) is 10.00 Å². The van der Waals surface area contributed by atoms with Gasteiger partial charge >= 0.3 is 5.97 Å². The molecule has 8 nitrogen and oxygen atoms in total. The molecule has 1 aliphatic rings. The molecule has 1 aliphatic heterocycles. The third-order valence-corrected chi connectivity index (χ3v) is 9.33. The number of aliphatic hydroxyl groups excluding tert-OH is 1. The number of cyclic esters (lactones) is 1. The number of sulfonamides is 1. The van der Waals surface area contributed by atoms with Gasteiger partial charge < -0.3 is 9.84 Å². The van der Waals surface area contributed by atoms with Crippen LogP contribution in [0.1, 0.15) is 54.4 Å². The highest BCUT2D eigenvalue weighted by Gasteiger charge is 2.41. The maximum atomic E-state index is 13.3. The van der Waals surface area contributed by atoms with Gasteiger partial charge in [0.05, 0.1) is 11.1 Å². The first kappa shape index (κ1) is 31.5. The zero-order valence-electron chi connectivity index (χ0n) is 24.9. The number of aliphatic hydroxyl groups is 1. The summed E-state index contributed by atoms with van der Waals surface area (Å²) in [6, 6.07) is 31.7. The molecule has 0 bridgehead atoms. The van der Waals surface area contributed by atoms with E-state index in [1.807, 2.05) is 48.5 Å². The number of nitriles is 1. The number of hydrogen-bond donors (Lipinski definition) is 2. The van der Waals surface area contributed by atoms with Crippen molar-refractivity contribution >= 4 is 21.7 Å². The fraction of sp³-hybridized carbons (Fsp3) is 0.250. The Morgan fingerprint density at radius 1 is 0.844 bits per heavy atom. The van der Waals surface area contributed by atoms with Crippen molar-refractivity contribution in [2.24, 2.45) is 0 Å². The molecule has 0 saturated heterocycles. The van der Waals surface area contributed by atoms with Gasteiger partial charge in [-0.15, -0.1) is 0 Å². The largest absolute Gasteiger partial charge is 0.512 e. The minimum Gasteiger partial charge on any atom is -0.512 e.